The Labute approximate surface area is 157 Å². The highest BCUT2D eigenvalue weighted by Gasteiger charge is 2.21. The van der Waals surface area contributed by atoms with Gasteiger partial charge in [-0.25, -0.2) is 4.39 Å². The van der Waals surface area contributed by atoms with Crippen LogP contribution < -0.4 is 14.8 Å². The highest BCUT2D eigenvalue weighted by Crippen LogP contribution is 2.32. The van der Waals surface area contributed by atoms with Crippen molar-refractivity contribution in [3.63, 3.8) is 0 Å². The Hall–Kier alpha value is -2.80. The molecular formula is C20H22FN3O3. The van der Waals surface area contributed by atoms with Gasteiger partial charge in [0.1, 0.15) is 5.82 Å². The molecule has 0 bridgehead atoms. The van der Waals surface area contributed by atoms with Gasteiger partial charge in [-0.15, -0.1) is 0 Å². The van der Waals surface area contributed by atoms with E-state index in [9.17, 15) is 9.18 Å². The average Bonchev–Trinajstić information content (AvgIpc) is 3.16. The number of piperazine rings is 1. The maximum absolute atomic E-state index is 12.9. The highest BCUT2D eigenvalue weighted by atomic mass is 19.1. The number of nitrogens with one attached hydrogen (secondary N) is 1. The molecule has 2 aliphatic rings. The first-order chi connectivity index (χ1) is 13.2. The molecule has 27 heavy (non-hydrogen) atoms. The third kappa shape index (κ3) is 4.31. The molecule has 0 saturated carbocycles. The van der Waals surface area contributed by atoms with Crippen LogP contribution in [0.3, 0.4) is 0 Å². The van der Waals surface area contributed by atoms with E-state index < -0.39 is 0 Å². The summed E-state index contributed by atoms with van der Waals surface area (Å²) >= 11 is 0. The van der Waals surface area contributed by atoms with Crippen LogP contribution in [0.15, 0.2) is 42.5 Å². The third-order valence-electron chi connectivity index (χ3n) is 4.86. The number of ether oxygens (including phenoxy) is 2. The molecule has 0 aliphatic carbocycles. The number of nitrogens with zero attached hydrogens (tertiary/aromatic N) is 2. The third-order valence-corrected chi connectivity index (χ3v) is 4.86. The van der Waals surface area contributed by atoms with Gasteiger partial charge in [-0.05, 0) is 42.0 Å². The lowest BCUT2D eigenvalue weighted by Crippen LogP contribution is -2.49. The monoisotopic (exact) mass is 371 g/mol. The lowest BCUT2D eigenvalue weighted by Gasteiger charge is -2.34. The summed E-state index contributed by atoms with van der Waals surface area (Å²) in [6.07, 6.45) is 0. The number of carbonyl (C=O) groups excluding carboxylic acids is 1. The maximum atomic E-state index is 12.9. The van der Waals surface area contributed by atoms with E-state index in [1.165, 1.54) is 17.7 Å². The Kier molecular flexibility index (Phi) is 5.11. The first kappa shape index (κ1) is 17.6. The van der Waals surface area contributed by atoms with Gasteiger partial charge in [-0.3, -0.25) is 9.69 Å². The zero-order valence-corrected chi connectivity index (χ0v) is 15.0. The van der Waals surface area contributed by atoms with Crippen molar-refractivity contribution in [3.05, 3.63) is 53.8 Å². The fourth-order valence-corrected chi connectivity index (χ4v) is 3.31. The number of amides is 1. The van der Waals surface area contributed by atoms with Crippen LogP contribution in [-0.4, -0.2) is 55.2 Å². The fraction of sp³-hybridized carbons (Fsp3) is 0.350. The number of hydrogen-bond donors (Lipinski definition) is 1. The van der Waals surface area contributed by atoms with Crippen molar-refractivity contribution in [2.45, 2.75) is 6.54 Å². The fourth-order valence-electron chi connectivity index (χ4n) is 3.31. The Balaban J connectivity index is 1.23. The largest absolute Gasteiger partial charge is 0.454 e. The minimum atomic E-state index is -0.287. The summed E-state index contributed by atoms with van der Waals surface area (Å²) in [5, 5.41) is 3.05. The molecule has 0 radical (unpaired) electrons. The molecule has 2 aromatic rings. The molecule has 1 saturated heterocycles. The van der Waals surface area contributed by atoms with Gasteiger partial charge in [0.05, 0.1) is 6.54 Å². The van der Waals surface area contributed by atoms with Gasteiger partial charge < -0.3 is 19.7 Å². The summed E-state index contributed by atoms with van der Waals surface area (Å²) in [5.41, 5.74) is 1.92. The summed E-state index contributed by atoms with van der Waals surface area (Å²) in [5.74, 6) is 1.36. The molecule has 2 heterocycles. The van der Waals surface area contributed by atoms with Crippen LogP contribution in [0.1, 0.15) is 5.56 Å². The minimum absolute atomic E-state index is 0.0575. The molecule has 1 N–H and O–H groups in total. The smallest absolute Gasteiger partial charge is 0.241 e. The molecule has 1 amide bonds. The van der Waals surface area contributed by atoms with Crippen molar-refractivity contribution in [2.75, 3.05) is 44.8 Å². The van der Waals surface area contributed by atoms with Crippen LogP contribution >= 0.6 is 0 Å². The summed E-state index contributed by atoms with van der Waals surface area (Å²) < 4.78 is 23.7. The Morgan fingerprint density at radius 2 is 1.74 bits per heavy atom. The standard InChI is InChI=1S/C20H22FN3O3/c21-16-2-4-17(5-3-16)22-12-20(25)24-9-7-23(8-10-24)13-15-1-6-18-19(11-15)27-14-26-18/h1-6,11,22H,7-10,12-14H2. The van der Waals surface area contributed by atoms with E-state index in [0.29, 0.717) is 13.1 Å². The first-order valence-electron chi connectivity index (χ1n) is 9.05. The van der Waals surface area contributed by atoms with Crippen molar-refractivity contribution < 1.29 is 18.7 Å². The molecule has 142 valence electrons. The SMILES string of the molecule is O=C(CNc1ccc(F)cc1)N1CCN(Cc2ccc3c(c2)OCO3)CC1. The molecule has 1 fully saturated rings. The molecule has 0 aromatic heterocycles. The van der Waals surface area contributed by atoms with Gasteiger partial charge in [-0.2, -0.15) is 0 Å². The van der Waals surface area contributed by atoms with Crippen LogP contribution in [0, 0.1) is 5.82 Å². The Morgan fingerprint density at radius 3 is 2.52 bits per heavy atom. The highest BCUT2D eigenvalue weighted by molar-refractivity contribution is 5.81. The van der Waals surface area contributed by atoms with E-state index in [2.05, 4.69) is 16.3 Å². The quantitative estimate of drug-likeness (QED) is 0.874. The zero-order chi connectivity index (χ0) is 18.6. The molecule has 6 nitrogen and oxygen atoms in total. The van der Waals surface area contributed by atoms with Crippen LogP contribution in [-0.2, 0) is 11.3 Å². The second-order valence-electron chi connectivity index (χ2n) is 6.70. The second-order valence-corrected chi connectivity index (χ2v) is 6.70. The summed E-state index contributed by atoms with van der Waals surface area (Å²) in [7, 11) is 0. The van der Waals surface area contributed by atoms with Crippen molar-refractivity contribution in [1.29, 1.82) is 0 Å². The Bertz CT molecular complexity index is 805. The maximum Gasteiger partial charge on any atom is 0.241 e. The van der Waals surface area contributed by atoms with E-state index in [-0.39, 0.29) is 25.1 Å². The molecule has 0 unspecified atom stereocenters. The number of fused-ring (bicyclic) bond motifs is 1. The van der Waals surface area contributed by atoms with Gasteiger partial charge in [0, 0.05) is 38.4 Å². The average molecular weight is 371 g/mol. The second kappa shape index (κ2) is 7.84. The zero-order valence-electron chi connectivity index (χ0n) is 15.0. The molecule has 2 aliphatic heterocycles. The van der Waals surface area contributed by atoms with Crippen molar-refractivity contribution in [3.8, 4) is 11.5 Å². The molecular weight excluding hydrogens is 349 g/mol. The number of benzene rings is 2. The van der Waals surface area contributed by atoms with Gasteiger partial charge in [0.25, 0.3) is 0 Å². The van der Waals surface area contributed by atoms with Gasteiger partial charge in [0.2, 0.25) is 12.7 Å². The van der Waals surface area contributed by atoms with E-state index in [1.54, 1.807) is 12.1 Å². The Morgan fingerprint density at radius 1 is 1.00 bits per heavy atom. The summed E-state index contributed by atoms with van der Waals surface area (Å²) in [6, 6.07) is 12.0. The molecule has 0 atom stereocenters. The van der Waals surface area contributed by atoms with Crippen molar-refractivity contribution in [1.82, 2.24) is 9.80 Å². The van der Waals surface area contributed by atoms with Crippen LogP contribution in [0.4, 0.5) is 10.1 Å². The number of hydrogen-bond acceptors (Lipinski definition) is 5. The van der Waals surface area contributed by atoms with Crippen LogP contribution in [0.5, 0.6) is 11.5 Å². The van der Waals surface area contributed by atoms with Gasteiger partial charge >= 0.3 is 0 Å². The van der Waals surface area contributed by atoms with Crippen molar-refractivity contribution in [2.24, 2.45) is 0 Å². The first-order valence-corrected chi connectivity index (χ1v) is 9.05. The molecule has 7 heteroatoms. The van der Waals surface area contributed by atoms with E-state index in [0.717, 1.165) is 36.8 Å². The number of halogens is 1. The minimum Gasteiger partial charge on any atom is -0.454 e. The summed E-state index contributed by atoms with van der Waals surface area (Å²) in [4.78, 5) is 16.6. The van der Waals surface area contributed by atoms with Crippen LogP contribution in [0.25, 0.3) is 0 Å². The topological polar surface area (TPSA) is 54.0 Å². The lowest BCUT2D eigenvalue weighted by atomic mass is 10.1. The number of rotatable bonds is 5. The normalized spacial score (nSPS) is 16.4. The van der Waals surface area contributed by atoms with Crippen LogP contribution in [0.2, 0.25) is 0 Å². The number of anilines is 1. The lowest BCUT2D eigenvalue weighted by molar-refractivity contribution is -0.131. The van der Waals surface area contributed by atoms with E-state index >= 15 is 0 Å². The van der Waals surface area contributed by atoms with E-state index in [4.69, 9.17) is 9.47 Å². The predicted molar refractivity (Wildman–Crippen MR) is 99.3 cm³/mol. The molecule has 4 rings (SSSR count). The van der Waals surface area contributed by atoms with E-state index in [1.807, 2.05) is 17.0 Å². The van der Waals surface area contributed by atoms with Gasteiger partial charge in [-0.1, -0.05) is 6.07 Å². The summed E-state index contributed by atoms with van der Waals surface area (Å²) in [6.45, 7) is 4.39. The molecule has 2 aromatic carbocycles. The predicted octanol–water partition coefficient (Wildman–Crippen LogP) is 2.31. The van der Waals surface area contributed by atoms with Gasteiger partial charge in [0.15, 0.2) is 11.5 Å². The number of carbonyl (C=O) groups is 1. The molecule has 0 spiro atoms. The van der Waals surface area contributed by atoms with Crippen molar-refractivity contribution >= 4 is 11.6 Å².